The van der Waals surface area contributed by atoms with Gasteiger partial charge in [0.1, 0.15) is 0 Å². The number of nitrogens with two attached hydrogens (primary N) is 1. The summed E-state index contributed by atoms with van der Waals surface area (Å²) < 4.78 is 40.8. The number of ether oxygens (including phenoxy) is 1. The van der Waals surface area contributed by atoms with Crippen LogP contribution < -0.4 is 15.8 Å². The first-order chi connectivity index (χ1) is 10.3. The average Bonchev–Trinajstić information content (AvgIpc) is 2.89. The molecule has 138 valence electrons. The van der Waals surface area contributed by atoms with Crippen molar-refractivity contribution in [2.45, 2.75) is 38.0 Å². The van der Waals surface area contributed by atoms with Gasteiger partial charge in [-0.05, 0) is 30.9 Å². The Morgan fingerprint density at radius 2 is 2.08 bits per heavy atom. The Morgan fingerprint density at radius 3 is 2.67 bits per heavy atom. The minimum absolute atomic E-state index is 0. The molecule has 1 saturated carbocycles. The number of aromatic nitrogens is 1. The van der Waals surface area contributed by atoms with E-state index in [0.717, 1.165) is 12.8 Å². The second-order valence-corrected chi connectivity index (χ2v) is 5.39. The highest BCUT2D eigenvalue weighted by Gasteiger charge is 2.29. The molecule has 10 heteroatoms. The Kier molecular flexibility index (Phi) is 9.39. The monoisotopic (exact) mass is 389 g/mol. The van der Waals surface area contributed by atoms with Crippen molar-refractivity contribution in [1.29, 1.82) is 0 Å². The minimum atomic E-state index is -4.41. The first-order valence-corrected chi connectivity index (χ1v) is 7.01. The zero-order valence-corrected chi connectivity index (χ0v) is 14.3. The van der Waals surface area contributed by atoms with Gasteiger partial charge in [-0.15, -0.1) is 24.8 Å². The predicted molar refractivity (Wildman–Crippen MR) is 87.4 cm³/mol. The summed E-state index contributed by atoms with van der Waals surface area (Å²) in [6.07, 6.45) is -0.792. The Hall–Kier alpha value is -1.25. The topological polar surface area (TPSA) is 77.2 Å². The van der Waals surface area contributed by atoms with Crippen molar-refractivity contribution in [3.8, 4) is 5.88 Å². The molecule has 5 nitrogen and oxygen atoms in total. The summed E-state index contributed by atoms with van der Waals surface area (Å²) in [6.45, 7) is -1.18. The van der Waals surface area contributed by atoms with Crippen molar-refractivity contribution < 1.29 is 22.7 Å². The fourth-order valence-corrected chi connectivity index (χ4v) is 2.38. The van der Waals surface area contributed by atoms with Gasteiger partial charge in [-0.3, -0.25) is 4.79 Å². The van der Waals surface area contributed by atoms with Crippen LogP contribution in [0.3, 0.4) is 0 Å². The van der Waals surface area contributed by atoms with E-state index in [1.54, 1.807) is 6.07 Å². The van der Waals surface area contributed by atoms with Crippen LogP contribution in [0, 0.1) is 5.92 Å². The van der Waals surface area contributed by atoms with Crippen molar-refractivity contribution in [1.82, 2.24) is 10.3 Å². The number of nitrogens with zero attached hydrogens (tertiary/aromatic N) is 1. The summed E-state index contributed by atoms with van der Waals surface area (Å²) in [7, 11) is 0. The molecule has 1 aliphatic rings. The highest BCUT2D eigenvalue weighted by Crippen LogP contribution is 2.24. The van der Waals surface area contributed by atoms with Crippen LogP contribution in [-0.2, 0) is 11.3 Å². The fourth-order valence-electron chi connectivity index (χ4n) is 2.38. The van der Waals surface area contributed by atoms with Crippen molar-refractivity contribution in [3.05, 3.63) is 23.9 Å². The lowest BCUT2D eigenvalue weighted by molar-refractivity contribution is -0.154. The third-order valence-electron chi connectivity index (χ3n) is 3.49. The van der Waals surface area contributed by atoms with Crippen LogP contribution in [-0.4, -0.2) is 29.7 Å². The molecule has 1 fully saturated rings. The van der Waals surface area contributed by atoms with E-state index in [-0.39, 0.29) is 55.1 Å². The van der Waals surface area contributed by atoms with E-state index in [1.807, 2.05) is 0 Å². The molecule has 0 saturated heterocycles. The first kappa shape index (κ1) is 22.8. The number of hydrogen-bond acceptors (Lipinski definition) is 4. The molecule has 1 aromatic heterocycles. The van der Waals surface area contributed by atoms with Gasteiger partial charge in [0, 0.05) is 30.8 Å². The number of pyridine rings is 1. The van der Waals surface area contributed by atoms with Crippen molar-refractivity contribution in [3.63, 3.8) is 0 Å². The zero-order valence-electron chi connectivity index (χ0n) is 12.7. The van der Waals surface area contributed by atoms with E-state index in [4.69, 9.17) is 5.73 Å². The third-order valence-corrected chi connectivity index (χ3v) is 3.49. The number of carbonyl (C=O) groups excluding carboxylic acids is 1. The molecule has 1 amide bonds. The zero-order chi connectivity index (χ0) is 16.2. The lowest BCUT2D eigenvalue weighted by Crippen LogP contribution is -2.30. The molecule has 0 spiro atoms. The van der Waals surface area contributed by atoms with Gasteiger partial charge in [-0.1, -0.05) is 0 Å². The number of halogens is 5. The van der Waals surface area contributed by atoms with Gasteiger partial charge in [0.05, 0.1) is 0 Å². The van der Waals surface area contributed by atoms with Gasteiger partial charge in [0.15, 0.2) is 6.61 Å². The highest BCUT2D eigenvalue weighted by atomic mass is 35.5. The Bertz CT molecular complexity index is 532. The summed E-state index contributed by atoms with van der Waals surface area (Å²) >= 11 is 0. The molecular formula is C14H20Cl2F3N3O2. The maximum Gasteiger partial charge on any atom is 0.422 e. The van der Waals surface area contributed by atoms with Gasteiger partial charge < -0.3 is 15.8 Å². The quantitative estimate of drug-likeness (QED) is 0.811. The number of amides is 1. The normalized spacial score (nSPS) is 19.8. The number of carbonyl (C=O) groups is 1. The SMILES string of the molecule is Cl.Cl.NC1CCC(C(=O)NCc2ccnc(OCC(F)(F)F)c2)C1. The first-order valence-electron chi connectivity index (χ1n) is 7.01. The maximum absolute atomic E-state index is 12.1. The van der Waals surface area contributed by atoms with Crippen LogP contribution in [0.4, 0.5) is 13.2 Å². The minimum Gasteiger partial charge on any atom is -0.468 e. The molecule has 0 bridgehead atoms. The molecule has 0 radical (unpaired) electrons. The average molecular weight is 390 g/mol. The van der Waals surface area contributed by atoms with Crippen LogP contribution >= 0.6 is 24.8 Å². The lowest BCUT2D eigenvalue weighted by Gasteiger charge is -2.12. The smallest absolute Gasteiger partial charge is 0.422 e. The van der Waals surface area contributed by atoms with E-state index in [9.17, 15) is 18.0 Å². The van der Waals surface area contributed by atoms with Gasteiger partial charge in [-0.2, -0.15) is 13.2 Å². The Morgan fingerprint density at radius 1 is 1.38 bits per heavy atom. The second-order valence-electron chi connectivity index (χ2n) is 5.39. The van der Waals surface area contributed by atoms with Crippen molar-refractivity contribution in [2.24, 2.45) is 11.7 Å². The van der Waals surface area contributed by atoms with Crippen LogP contribution in [0.1, 0.15) is 24.8 Å². The summed E-state index contributed by atoms with van der Waals surface area (Å²) in [5.74, 6) is -0.285. The van der Waals surface area contributed by atoms with E-state index in [1.165, 1.54) is 12.3 Å². The molecule has 0 aromatic carbocycles. The van der Waals surface area contributed by atoms with Crippen LogP contribution in [0.25, 0.3) is 0 Å². The summed E-state index contributed by atoms with van der Waals surface area (Å²) in [5, 5.41) is 2.76. The molecule has 3 N–H and O–H groups in total. The molecule has 1 heterocycles. The van der Waals surface area contributed by atoms with Gasteiger partial charge >= 0.3 is 6.18 Å². The van der Waals surface area contributed by atoms with Crippen LogP contribution in [0.2, 0.25) is 0 Å². The van der Waals surface area contributed by atoms with Crippen LogP contribution in [0.15, 0.2) is 18.3 Å². The third kappa shape index (κ3) is 7.55. The fraction of sp³-hybridized carbons (Fsp3) is 0.571. The molecule has 1 aliphatic carbocycles. The molecule has 1 aromatic rings. The molecule has 0 aliphatic heterocycles. The molecular weight excluding hydrogens is 370 g/mol. The number of hydrogen-bond donors (Lipinski definition) is 2. The van der Waals surface area contributed by atoms with E-state index < -0.39 is 12.8 Å². The summed E-state index contributed by atoms with van der Waals surface area (Å²) in [5.41, 5.74) is 6.39. The van der Waals surface area contributed by atoms with E-state index >= 15 is 0 Å². The largest absolute Gasteiger partial charge is 0.468 e. The summed E-state index contributed by atoms with van der Waals surface area (Å²) in [6, 6.07) is 3.06. The number of alkyl halides is 3. The van der Waals surface area contributed by atoms with E-state index in [2.05, 4.69) is 15.0 Å². The van der Waals surface area contributed by atoms with Crippen molar-refractivity contribution in [2.75, 3.05) is 6.61 Å². The molecule has 2 atom stereocenters. The molecule has 2 rings (SSSR count). The molecule has 2 unspecified atom stereocenters. The highest BCUT2D eigenvalue weighted by molar-refractivity contribution is 5.85. The Labute approximate surface area is 150 Å². The molecule has 24 heavy (non-hydrogen) atoms. The standard InChI is InChI=1S/C14H18F3N3O2.2ClH/c15-14(16,17)8-22-12-5-9(3-4-19-12)7-20-13(21)10-1-2-11(18)6-10;;/h3-5,10-11H,1-2,6-8,18H2,(H,20,21);2*1H. The maximum atomic E-state index is 12.1. The second kappa shape index (κ2) is 9.90. The Balaban J connectivity index is 0.00000264. The van der Waals surface area contributed by atoms with Crippen LogP contribution in [0.5, 0.6) is 5.88 Å². The van der Waals surface area contributed by atoms with Gasteiger partial charge in [-0.25, -0.2) is 4.98 Å². The number of rotatable bonds is 5. The van der Waals surface area contributed by atoms with Gasteiger partial charge in [0.2, 0.25) is 11.8 Å². The lowest BCUT2D eigenvalue weighted by atomic mass is 10.1. The summed E-state index contributed by atoms with van der Waals surface area (Å²) in [4.78, 5) is 15.6. The van der Waals surface area contributed by atoms with Crippen molar-refractivity contribution >= 4 is 30.7 Å². The van der Waals surface area contributed by atoms with Gasteiger partial charge in [0.25, 0.3) is 0 Å². The van der Waals surface area contributed by atoms with E-state index in [0.29, 0.717) is 12.0 Å². The predicted octanol–water partition coefficient (Wildman–Crippen LogP) is 2.61. The number of nitrogens with one attached hydrogen (secondary N) is 1.